The third-order valence-corrected chi connectivity index (χ3v) is 7.79. The SMILES string of the molecule is COC(=O)[C@@H](NC(=O)N[C@@H](Cc1ccccc1F)C(=O)CC1CCCCNC(=O)/C=C/[C@H](Cc2ccccc2F)NC1=O)C(C)C. The van der Waals surface area contributed by atoms with E-state index in [-0.39, 0.29) is 36.7 Å². The van der Waals surface area contributed by atoms with Crippen LogP contribution in [0.25, 0.3) is 0 Å². The van der Waals surface area contributed by atoms with Crippen molar-refractivity contribution in [1.82, 2.24) is 21.3 Å². The fourth-order valence-corrected chi connectivity index (χ4v) is 5.16. The van der Waals surface area contributed by atoms with Crippen molar-refractivity contribution < 1.29 is 37.5 Å². The maximum atomic E-state index is 14.6. The molecule has 0 saturated carbocycles. The van der Waals surface area contributed by atoms with Crippen molar-refractivity contribution in [3.05, 3.63) is 83.4 Å². The standard InChI is InChI=1S/C34H42F2N4O6/c1-21(2)31(33(44)46-3)40-34(45)39-28(19-23-11-5-7-14-27(23)36)29(41)20-24-12-8-9-17-37-30(42)16-15-25(38-32(24)43)18-22-10-4-6-13-26(22)35/h4-7,10-11,13-16,21,24-25,28,31H,8-9,12,17-20H2,1-3H3,(H,37,42)(H,38,43)(H2,39,40,45)/b16-15+/t24?,25-,28+,31+/m1/s1. The molecule has 1 heterocycles. The van der Waals surface area contributed by atoms with E-state index in [2.05, 4.69) is 21.3 Å². The maximum absolute atomic E-state index is 14.6. The van der Waals surface area contributed by atoms with Crippen molar-refractivity contribution in [2.24, 2.45) is 11.8 Å². The van der Waals surface area contributed by atoms with Gasteiger partial charge in [-0.25, -0.2) is 18.4 Å². The smallest absolute Gasteiger partial charge is 0.328 e. The molecule has 0 aliphatic carbocycles. The molecule has 46 heavy (non-hydrogen) atoms. The second-order valence-electron chi connectivity index (χ2n) is 11.6. The van der Waals surface area contributed by atoms with Crippen LogP contribution >= 0.6 is 0 Å². The predicted molar refractivity (Wildman–Crippen MR) is 167 cm³/mol. The lowest BCUT2D eigenvalue weighted by atomic mass is 9.90. The number of amides is 4. The van der Waals surface area contributed by atoms with Crippen LogP contribution in [0.2, 0.25) is 0 Å². The zero-order valence-corrected chi connectivity index (χ0v) is 26.3. The van der Waals surface area contributed by atoms with Crippen LogP contribution in [-0.2, 0) is 36.8 Å². The van der Waals surface area contributed by atoms with Gasteiger partial charge in [0.1, 0.15) is 17.7 Å². The van der Waals surface area contributed by atoms with Gasteiger partial charge in [-0.3, -0.25) is 14.4 Å². The summed E-state index contributed by atoms with van der Waals surface area (Å²) < 4.78 is 33.9. The van der Waals surface area contributed by atoms with Crippen LogP contribution in [0.15, 0.2) is 60.7 Å². The van der Waals surface area contributed by atoms with Crippen molar-refractivity contribution >= 4 is 29.6 Å². The molecule has 4 amide bonds. The minimum atomic E-state index is -1.23. The summed E-state index contributed by atoms with van der Waals surface area (Å²) in [6.45, 7) is 3.79. The third kappa shape index (κ3) is 11.1. The van der Waals surface area contributed by atoms with Gasteiger partial charge < -0.3 is 26.0 Å². The number of hydrogen-bond acceptors (Lipinski definition) is 6. The second-order valence-corrected chi connectivity index (χ2v) is 11.6. The van der Waals surface area contributed by atoms with Gasteiger partial charge in [0, 0.05) is 31.4 Å². The van der Waals surface area contributed by atoms with E-state index in [1.54, 1.807) is 38.1 Å². The minimum absolute atomic E-state index is 0.0672. The first-order valence-corrected chi connectivity index (χ1v) is 15.4. The van der Waals surface area contributed by atoms with E-state index in [1.165, 1.54) is 43.5 Å². The molecule has 2 aromatic rings. The number of hydrogen-bond donors (Lipinski definition) is 4. The molecule has 1 aliphatic heterocycles. The predicted octanol–water partition coefficient (Wildman–Crippen LogP) is 3.53. The van der Waals surface area contributed by atoms with Gasteiger partial charge in [0.15, 0.2) is 5.78 Å². The Morgan fingerprint density at radius 2 is 1.61 bits per heavy atom. The number of carbonyl (C=O) groups excluding carboxylic acids is 5. The van der Waals surface area contributed by atoms with Crippen LogP contribution in [0.5, 0.6) is 0 Å². The third-order valence-electron chi connectivity index (χ3n) is 7.79. The number of carbonyl (C=O) groups is 5. The summed E-state index contributed by atoms with van der Waals surface area (Å²) in [7, 11) is 1.19. The van der Waals surface area contributed by atoms with E-state index in [0.29, 0.717) is 31.4 Å². The molecule has 0 radical (unpaired) electrons. The number of urea groups is 1. The largest absolute Gasteiger partial charge is 0.467 e. The van der Waals surface area contributed by atoms with Crippen LogP contribution in [0.3, 0.4) is 0 Å². The van der Waals surface area contributed by atoms with E-state index in [1.807, 2.05) is 0 Å². The lowest BCUT2D eigenvalue weighted by Gasteiger charge is -2.25. The average Bonchev–Trinajstić information content (AvgIpc) is 3.02. The maximum Gasteiger partial charge on any atom is 0.328 e. The minimum Gasteiger partial charge on any atom is -0.467 e. The summed E-state index contributed by atoms with van der Waals surface area (Å²) in [6.07, 6.45) is 3.73. The molecule has 12 heteroatoms. The van der Waals surface area contributed by atoms with Gasteiger partial charge in [0.25, 0.3) is 0 Å². The van der Waals surface area contributed by atoms with Crippen molar-refractivity contribution in [1.29, 1.82) is 0 Å². The Balaban J connectivity index is 1.84. The fraction of sp³-hybridized carbons (Fsp3) is 0.441. The first kappa shape index (κ1) is 35.9. The number of ether oxygens (including phenoxy) is 1. The monoisotopic (exact) mass is 640 g/mol. The van der Waals surface area contributed by atoms with E-state index in [4.69, 9.17) is 4.74 Å². The lowest BCUT2D eigenvalue weighted by Crippen LogP contribution is -2.53. The number of ketones is 1. The Labute approximate surface area is 267 Å². The molecule has 0 saturated heterocycles. The summed E-state index contributed by atoms with van der Waals surface area (Å²) in [5, 5.41) is 10.7. The molecule has 0 spiro atoms. The normalized spacial score (nSPS) is 19.3. The van der Waals surface area contributed by atoms with Crippen molar-refractivity contribution in [3.63, 3.8) is 0 Å². The van der Waals surface area contributed by atoms with E-state index in [9.17, 15) is 32.8 Å². The van der Waals surface area contributed by atoms with Gasteiger partial charge >= 0.3 is 12.0 Å². The van der Waals surface area contributed by atoms with Crippen molar-refractivity contribution in [3.8, 4) is 0 Å². The Bertz CT molecular complexity index is 1420. The molecule has 1 aliphatic rings. The number of nitrogens with one attached hydrogen (secondary N) is 4. The summed E-state index contributed by atoms with van der Waals surface area (Å²) in [5.74, 6) is -4.17. The van der Waals surface area contributed by atoms with Gasteiger partial charge in [-0.15, -0.1) is 0 Å². The molecule has 4 N–H and O–H groups in total. The molecular weight excluding hydrogens is 598 g/mol. The fourth-order valence-electron chi connectivity index (χ4n) is 5.16. The van der Waals surface area contributed by atoms with Crippen molar-refractivity contribution in [2.75, 3.05) is 13.7 Å². The molecule has 3 rings (SSSR count). The highest BCUT2D eigenvalue weighted by molar-refractivity contribution is 5.93. The summed E-state index contributed by atoms with van der Waals surface area (Å²) in [6, 6.07) is 8.15. The number of Topliss-reactive ketones (excluding diaryl/α,β-unsaturated/α-hetero) is 1. The summed E-state index contributed by atoms with van der Waals surface area (Å²) in [4.78, 5) is 64.9. The Kier molecular flexibility index (Phi) is 13.9. The first-order valence-electron chi connectivity index (χ1n) is 15.4. The molecule has 2 aromatic carbocycles. The van der Waals surface area contributed by atoms with Crippen LogP contribution < -0.4 is 21.3 Å². The average molecular weight is 641 g/mol. The van der Waals surface area contributed by atoms with Crippen LogP contribution in [0, 0.1) is 23.5 Å². The second kappa shape index (κ2) is 17.8. The molecule has 0 aromatic heterocycles. The molecule has 0 fully saturated rings. The Morgan fingerprint density at radius 1 is 0.957 bits per heavy atom. The Morgan fingerprint density at radius 3 is 2.24 bits per heavy atom. The van der Waals surface area contributed by atoms with Gasteiger partial charge in [-0.1, -0.05) is 62.7 Å². The highest BCUT2D eigenvalue weighted by atomic mass is 19.1. The molecule has 248 valence electrons. The highest BCUT2D eigenvalue weighted by Crippen LogP contribution is 2.19. The quantitative estimate of drug-likeness (QED) is 0.277. The number of esters is 1. The van der Waals surface area contributed by atoms with Crippen LogP contribution in [0.1, 0.15) is 50.7 Å². The lowest BCUT2D eigenvalue weighted by molar-refractivity contribution is -0.144. The van der Waals surface area contributed by atoms with Crippen LogP contribution in [-0.4, -0.2) is 61.4 Å². The first-order chi connectivity index (χ1) is 22.0. The van der Waals surface area contributed by atoms with E-state index >= 15 is 0 Å². The number of benzene rings is 2. The molecule has 0 bridgehead atoms. The van der Waals surface area contributed by atoms with Crippen molar-refractivity contribution in [2.45, 2.75) is 70.5 Å². The van der Waals surface area contributed by atoms with Crippen LogP contribution in [0.4, 0.5) is 13.6 Å². The summed E-state index contributed by atoms with van der Waals surface area (Å²) in [5.41, 5.74) is 0.521. The number of methoxy groups -OCH3 is 1. The molecule has 1 unspecified atom stereocenters. The van der Waals surface area contributed by atoms with Gasteiger partial charge in [0.05, 0.1) is 19.2 Å². The molecule has 4 atom stereocenters. The highest BCUT2D eigenvalue weighted by Gasteiger charge is 2.31. The van der Waals surface area contributed by atoms with Gasteiger partial charge in [-0.2, -0.15) is 0 Å². The zero-order chi connectivity index (χ0) is 33.6. The summed E-state index contributed by atoms with van der Waals surface area (Å²) >= 11 is 0. The topological polar surface area (TPSA) is 143 Å². The number of halogens is 2. The van der Waals surface area contributed by atoms with Gasteiger partial charge in [0.2, 0.25) is 11.8 Å². The van der Waals surface area contributed by atoms with Gasteiger partial charge in [-0.05, 0) is 48.4 Å². The Hall–Kier alpha value is -4.61. The molecular formula is C34H42F2N4O6. The van der Waals surface area contributed by atoms with E-state index in [0.717, 1.165) is 0 Å². The number of rotatable bonds is 11. The van der Waals surface area contributed by atoms with E-state index < -0.39 is 59.4 Å². The molecule has 10 nitrogen and oxygen atoms in total. The zero-order valence-electron chi connectivity index (χ0n) is 26.3.